The Labute approximate surface area is 165 Å². The Kier molecular flexibility index (Phi) is 7.25. The second kappa shape index (κ2) is 9.87. The first-order chi connectivity index (χ1) is 13.5. The average Bonchev–Trinajstić information content (AvgIpc) is 3.11. The zero-order valence-electron chi connectivity index (χ0n) is 16.4. The molecule has 1 heterocycles. The van der Waals surface area contributed by atoms with E-state index in [0.717, 1.165) is 11.3 Å². The standard InChI is InChI=1S/C22H28FNO4/c1-16(2)13-26-14-19(25)12-24(11-18-5-3-4-6-20(18)23)10-17-7-8-21-22(9-17)28-15-27-21/h3-9,16,19,25H,10-15H2,1-2H3. The molecule has 0 amide bonds. The Bertz CT molecular complexity index is 768. The number of halogens is 1. The van der Waals surface area contributed by atoms with Crippen LogP contribution in [0.5, 0.6) is 11.5 Å². The van der Waals surface area contributed by atoms with Gasteiger partial charge in [-0.15, -0.1) is 0 Å². The van der Waals surface area contributed by atoms with Gasteiger partial charge in [0, 0.05) is 31.8 Å². The molecule has 152 valence electrons. The largest absolute Gasteiger partial charge is 0.454 e. The van der Waals surface area contributed by atoms with Gasteiger partial charge in [0.2, 0.25) is 6.79 Å². The van der Waals surface area contributed by atoms with Crippen molar-refractivity contribution in [2.45, 2.75) is 33.0 Å². The lowest BCUT2D eigenvalue weighted by Crippen LogP contribution is -2.34. The molecule has 1 aliphatic heterocycles. The number of fused-ring (bicyclic) bond motifs is 1. The van der Waals surface area contributed by atoms with Gasteiger partial charge in [-0.3, -0.25) is 4.90 Å². The highest BCUT2D eigenvalue weighted by atomic mass is 19.1. The molecule has 0 aliphatic carbocycles. The quantitative estimate of drug-likeness (QED) is 0.673. The number of nitrogens with zero attached hydrogens (tertiary/aromatic N) is 1. The minimum absolute atomic E-state index is 0.226. The highest BCUT2D eigenvalue weighted by Gasteiger charge is 2.18. The maximum Gasteiger partial charge on any atom is 0.231 e. The fourth-order valence-electron chi connectivity index (χ4n) is 3.14. The van der Waals surface area contributed by atoms with Crippen LogP contribution in [0.1, 0.15) is 25.0 Å². The highest BCUT2D eigenvalue weighted by Crippen LogP contribution is 2.33. The van der Waals surface area contributed by atoms with Crippen molar-refractivity contribution >= 4 is 0 Å². The summed E-state index contributed by atoms with van der Waals surface area (Å²) in [7, 11) is 0. The second-order valence-corrected chi connectivity index (χ2v) is 7.53. The number of benzene rings is 2. The van der Waals surface area contributed by atoms with Gasteiger partial charge >= 0.3 is 0 Å². The average molecular weight is 389 g/mol. The summed E-state index contributed by atoms with van der Waals surface area (Å²) < 4.78 is 30.5. The van der Waals surface area contributed by atoms with Gasteiger partial charge in [-0.1, -0.05) is 38.1 Å². The van der Waals surface area contributed by atoms with E-state index >= 15 is 0 Å². The third kappa shape index (κ3) is 5.92. The van der Waals surface area contributed by atoms with Crippen LogP contribution in [0.2, 0.25) is 0 Å². The SMILES string of the molecule is CC(C)COCC(O)CN(Cc1ccc2c(c1)OCO2)Cc1ccccc1F. The van der Waals surface area contributed by atoms with E-state index in [1.54, 1.807) is 12.1 Å². The zero-order chi connectivity index (χ0) is 19.9. The number of ether oxygens (including phenoxy) is 3. The van der Waals surface area contributed by atoms with Gasteiger partial charge in [0.1, 0.15) is 5.82 Å². The number of hydrogen-bond donors (Lipinski definition) is 1. The van der Waals surface area contributed by atoms with Crippen LogP contribution in [0, 0.1) is 11.7 Å². The summed E-state index contributed by atoms with van der Waals surface area (Å²) in [5.41, 5.74) is 1.61. The molecule has 3 rings (SSSR count). The van der Waals surface area contributed by atoms with Gasteiger partial charge in [-0.25, -0.2) is 4.39 Å². The second-order valence-electron chi connectivity index (χ2n) is 7.53. The van der Waals surface area contributed by atoms with Crippen molar-refractivity contribution in [3.05, 3.63) is 59.4 Å². The summed E-state index contributed by atoms with van der Waals surface area (Å²) in [5, 5.41) is 10.4. The molecule has 0 saturated heterocycles. The van der Waals surface area contributed by atoms with Crippen LogP contribution in [0.4, 0.5) is 4.39 Å². The van der Waals surface area contributed by atoms with Gasteiger partial charge in [0.05, 0.1) is 12.7 Å². The highest BCUT2D eigenvalue weighted by molar-refractivity contribution is 5.44. The lowest BCUT2D eigenvalue weighted by atomic mass is 10.1. The van der Waals surface area contributed by atoms with Crippen molar-refractivity contribution < 1.29 is 23.7 Å². The molecule has 0 radical (unpaired) electrons. The van der Waals surface area contributed by atoms with Crippen molar-refractivity contribution in [2.24, 2.45) is 5.92 Å². The van der Waals surface area contributed by atoms with Crippen LogP contribution in [0.3, 0.4) is 0 Å². The van der Waals surface area contributed by atoms with Gasteiger partial charge in [-0.2, -0.15) is 0 Å². The van der Waals surface area contributed by atoms with Gasteiger partial charge in [-0.05, 0) is 29.7 Å². The first-order valence-electron chi connectivity index (χ1n) is 9.61. The minimum Gasteiger partial charge on any atom is -0.454 e. The maximum atomic E-state index is 14.1. The van der Waals surface area contributed by atoms with Crippen LogP contribution in [-0.2, 0) is 17.8 Å². The molecule has 1 unspecified atom stereocenters. The Balaban J connectivity index is 1.67. The van der Waals surface area contributed by atoms with Crippen LogP contribution < -0.4 is 9.47 Å². The first-order valence-corrected chi connectivity index (χ1v) is 9.61. The van der Waals surface area contributed by atoms with E-state index in [1.807, 2.05) is 29.2 Å². The Hall–Kier alpha value is -2.15. The normalized spacial score (nSPS) is 14.1. The molecule has 1 aliphatic rings. The van der Waals surface area contributed by atoms with Crippen LogP contribution in [0.25, 0.3) is 0 Å². The third-order valence-corrected chi connectivity index (χ3v) is 4.43. The summed E-state index contributed by atoms with van der Waals surface area (Å²) in [6.07, 6.45) is -0.653. The summed E-state index contributed by atoms with van der Waals surface area (Å²) in [4.78, 5) is 2.01. The number of rotatable bonds is 10. The number of hydrogen-bond acceptors (Lipinski definition) is 5. The third-order valence-electron chi connectivity index (χ3n) is 4.43. The topological polar surface area (TPSA) is 51.2 Å². The molecule has 2 aromatic rings. The molecule has 1 atom stereocenters. The molecule has 6 heteroatoms. The molecule has 0 fully saturated rings. The zero-order valence-corrected chi connectivity index (χ0v) is 16.4. The molecule has 28 heavy (non-hydrogen) atoms. The fraction of sp³-hybridized carbons (Fsp3) is 0.455. The minimum atomic E-state index is -0.653. The van der Waals surface area contributed by atoms with Crippen LogP contribution in [0.15, 0.2) is 42.5 Å². The van der Waals surface area contributed by atoms with Gasteiger partial charge in [0.15, 0.2) is 11.5 Å². The molecule has 0 spiro atoms. The van der Waals surface area contributed by atoms with E-state index in [-0.39, 0.29) is 19.2 Å². The van der Waals surface area contributed by atoms with E-state index in [4.69, 9.17) is 14.2 Å². The van der Waals surface area contributed by atoms with E-state index in [2.05, 4.69) is 13.8 Å². The van der Waals surface area contributed by atoms with E-state index in [9.17, 15) is 9.50 Å². The molecule has 2 aromatic carbocycles. The predicted octanol–water partition coefficient (Wildman–Crippen LogP) is 3.59. The monoisotopic (exact) mass is 389 g/mol. The molecular weight excluding hydrogens is 361 g/mol. The molecular formula is C22H28FNO4. The summed E-state index contributed by atoms with van der Waals surface area (Å²) >= 11 is 0. The van der Waals surface area contributed by atoms with E-state index in [1.165, 1.54) is 6.07 Å². The summed E-state index contributed by atoms with van der Waals surface area (Å²) in [5.74, 6) is 1.61. The molecule has 0 aromatic heterocycles. The first kappa shape index (κ1) is 20.6. The Morgan fingerprint density at radius 2 is 1.86 bits per heavy atom. The molecule has 0 saturated carbocycles. The molecule has 1 N–H and O–H groups in total. The Morgan fingerprint density at radius 3 is 2.64 bits per heavy atom. The summed E-state index contributed by atoms with van der Waals surface area (Å²) in [6.45, 7) is 6.53. The van der Waals surface area contributed by atoms with Crippen molar-refractivity contribution in [1.82, 2.24) is 4.90 Å². The summed E-state index contributed by atoms with van der Waals surface area (Å²) in [6, 6.07) is 12.5. The lowest BCUT2D eigenvalue weighted by molar-refractivity contribution is 0.00539. The molecule has 0 bridgehead atoms. The van der Waals surface area contributed by atoms with Crippen molar-refractivity contribution in [1.29, 1.82) is 0 Å². The van der Waals surface area contributed by atoms with Crippen molar-refractivity contribution in [3.63, 3.8) is 0 Å². The smallest absolute Gasteiger partial charge is 0.231 e. The van der Waals surface area contributed by atoms with E-state index in [0.29, 0.717) is 43.5 Å². The predicted molar refractivity (Wildman–Crippen MR) is 105 cm³/mol. The Morgan fingerprint density at radius 1 is 1.07 bits per heavy atom. The van der Waals surface area contributed by atoms with E-state index < -0.39 is 6.10 Å². The molecule has 5 nitrogen and oxygen atoms in total. The number of aliphatic hydroxyl groups is 1. The van der Waals surface area contributed by atoms with Crippen molar-refractivity contribution in [2.75, 3.05) is 26.6 Å². The van der Waals surface area contributed by atoms with Crippen LogP contribution >= 0.6 is 0 Å². The van der Waals surface area contributed by atoms with Gasteiger partial charge in [0.25, 0.3) is 0 Å². The number of aliphatic hydroxyl groups excluding tert-OH is 1. The lowest BCUT2D eigenvalue weighted by Gasteiger charge is -2.26. The van der Waals surface area contributed by atoms with Crippen molar-refractivity contribution in [3.8, 4) is 11.5 Å². The van der Waals surface area contributed by atoms with Gasteiger partial charge < -0.3 is 19.3 Å². The van der Waals surface area contributed by atoms with Crippen LogP contribution in [-0.4, -0.2) is 42.7 Å². The maximum absolute atomic E-state index is 14.1. The fourth-order valence-corrected chi connectivity index (χ4v) is 3.14.